The zero-order valence-corrected chi connectivity index (χ0v) is 12.4. The summed E-state index contributed by atoms with van der Waals surface area (Å²) in [5, 5.41) is 12.4. The van der Waals surface area contributed by atoms with Crippen molar-refractivity contribution in [1.82, 2.24) is 19.9 Å². The lowest BCUT2D eigenvalue weighted by Gasteiger charge is -2.17. The first-order chi connectivity index (χ1) is 10.5. The van der Waals surface area contributed by atoms with Gasteiger partial charge < -0.3 is 16.2 Å². The normalized spacial score (nSPS) is 12.3. The fraction of sp³-hybridized carbons (Fsp3) is 0.385. The number of hydrogen-bond acceptors (Lipinski definition) is 7. The molecule has 0 bridgehead atoms. The highest BCUT2D eigenvalue weighted by Gasteiger charge is 2.32. The molecule has 2 aromatic rings. The van der Waals surface area contributed by atoms with E-state index < -0.39 is 17.5 Å². The van der Waals surface area contributed by atoms with Gasteiger partial charge in [-0.25, -0.2) is 4.98 Å². The van der Waals surface area contributed by atoms with E-state index in [0.717, 1.165) is 6.07 Å². The van der Waals surface area contributed by atoms with Crippen molar-refractivity contribution in [3.63, 3.8) is 0 Å². The predicted octanol–water partition coefficient (Wildman–Crippen LogP) is 1.72. The Hall–Kier alpha value is -2.49. The first-order valence-electron chi connectivity index (χ1n) is 6.57. The fourth-order valence-electron chi connectivity index (χ4n) is 1.60. The Labute approximate surface area is 129 Å². The molecule has 7 nitrogen and oxygen atoms in total. The number of anilines is 2. The number of nitrogens with two attached hydrogens (primary N) is 1. The summed E-state index contributed by atoms with van der Waals surface area (Å²) in [6.45, 7) is 3.26. The average Bonchev–Trinajstić information content (AvgIpc) is 2.43. The van der Waals surface area contributed by atoms with Gasteiger partial charge in [-0.05, 0) is 26.0 Å². The van der Waals surface area contributed by atoms with E-state index in [4.69, 9.17) is 5.73 Å². The highest BCUT2D eigenvalue weighted by Crippen LogP contribution is 2.28. The Kier molecular flexibility index (Phi) is 4.37. The molecule has 124 valence electrons. The summed E-state index contributed by atoms with van der Waals surface area (Å²) in [7, 11) is 0. The van der Waals surface area contributed by atoms with Crippen molar-refractivity contribution in [3.8, 4) is 11.5 Å². The molecule has 0 aliphatic heterocycles. The van der Waals surface area contributed by atoms with E-state index in [9.17, 15) is 18.3 Å². The van der Waals surface area contributed by atoms with E-state index in [1.807, 2.05) is 0 Å². The maximum Gasteiger partial charge on any atom is 0.433 e. The smallest absolute Gasteiger partial charge is 0.389 e. The Morgan fingerprint density at radius 2 is 1.83 bits per heavy atom. The summed E-state index contributed by atoms with van der Waals surface area (Å²) in [6, 6.07) is 3.39. The van der Waals surface area contributed by atoms with Gasteiger partial charge in [-0.15, -0.1) is 0 Å². The molecule has 23 heavy (non-hydrogen) atoms. The van der Waals surface area contributed by atoms with E-state index in [-0.39, 0.29) is 30.0 Å². The number of pyridine rings is 1. The number of rotatable bonds is 4. The predicted molar refractivity (Wildman–Crippen MR) is 77.3 cm³/mol. The van der Waals surface area contributed by atoms with Crippen LogP contribution in [-0.4, -0.2) is 37.2 Å². The average molecular weight is 328 g/mol. The molecule has 0 atom stereocenters. The van der Waals surface area contributed by atoms with Crippen LogP contribution in [0.1, 0.15) is 19.5 Å². The van der Waals surface area contributed by atoms with E-state index in [1.54, 1.807) is 13.8 Å². The summed E-state index contributed by atoms with van der Waals surface area (Å²) >= 11 is 0. The highest BCUT2D eigenvalue weighted by molar-refractivity contribution is 5.53. The van der Waals surface area contributed by atoms with Crippen molar-refractivity contribution in [1.29, 1.82) is 0 Å². The number of aliphatic hydroxyl groups is 1. The molecule has 4 N–H and O–H groups in total. The van der Waals surface area contributed by atoms with Crippen LogP contribution in [0.4, 0.5) is 25.1 Å². The van der Waals surface area contributed by atoms with Gasteiger partial charge in [0.15, 0.2) is 5.82 Å². The summed E-state index contributed by atoms with van der Waals surface area (Å²) in [6.07, 6.45) is -4.57. The van der Waals surface area contributed by atoms with E-state index in [0.29, 0.717) is 0 Å². The van der Waals surface area contributed by atoms with E-state index >= 15 is 0 Å². The molecule has 0 amide bonds. The molecule has 2 aromatic heterocycles. The van der Waals surface area contributed by atoms with Crippen LogP contribution in [0.2, 0.25) is 0 Å². The third kappa shape index (κ3) is 4.74. The van der Waals surface area contributed by atoms with Gasteiger partial charge in [0.2, 0.25) is 11.9 Å². The Morgan fingerprint density at radius 1 is 1.13 bits per heavy atom. The zero-order valence-electron chi connectivity index (χ0n) is 12.4. The number of nitrogens with one attached hydrogen (secondary N) is 1. The van der Waals surface area contributed by atoms with Gasteiger partial charge >= 0.3 is 6.18 Å². The second kappa shape index (κ2) is 5.95. The molecule has 0 aliphatic rings. The number of alkyl halides is 3. The first kappa shape index (κ1) is 16.9. The largest absolute Gasteiger partial charge is 0.433 e. The molecule has 0 radical (unpaired) electrons. The second-order valence-electron chi connectivity index (χ2n) is 5.41. The SMILES string of the molecule is CC(C)(O)CNc1nc(N)nc(-c2cccc(C(F)(F)F)n2)n1. The van der Waals surface area contributed by atoms with E-state index in [1.165, 1.54) is 12.1 Å². The van der Waals surface area contributed by atoms with Gasteiger partial charge in [0.25, 0.3) is 0 Å². The lowest BCUT2D eigenvalue weighted by atomic mass is 10.1. The fourth-order valence-corrected chi connectivity index (χ4v) is 1.60. The lowest BCUT2D eigenvalue weighted by Crippen LogP contribution is -2.30. The molecule has 0 fully saturated rings. The summed E-state index contributed by atoms with van der Waals surface area (Å²) < 4.78 is 38.1. The Morgan fingerprint density at radius 3 is 2.43 bits per heavy atom. The van der Waals surface area contributed by atoms with Crippen LogP contribution in [0.25, 0.3) is 11.5 Å². The lowest BCUT2D eigenvalue weighted by molar-refractivity contribution is -0.141. The van der Waals surface area contributed by atoms with Gasteiger partial charge in [-0.3, -0.25) is 0 Å². The number of nitrogen functional groups attached to an aromatic ring is 1. The topological polar surface area (TPSA) is 110 Å². The number of aromatic nitrogens is 4. The molecular formula is C13H15F3N6O. The van der Waals surface area contributed by atoms with Gasteiger partial charge in [0, 0.05) is 6.54 Å². The van der Waals surface area contributed by atoms with Gasteiger partial charge in [-0.1, -0.05) is 6.07 Å². The third-order valence-corrected chi connectivity index (χ3v) is 2.60. The van der Waals surface area contributed by atoms with Crippen molar-refractivity contribution in [2.45, 2.75) is 25.6 Å². The molecule has 0 unspecified atom stereocenters. The number of hydrogen-bond donors (Lipinski definition) is 3. The van der Waals surface area contributed by atoms with E-state index in [2.05, 4.69) is 25.3 Å². The molecule has 0 aromatic carbocycles. The molecular weight excluding hydrogens is 313 g/mol. The third-order valence-electron chi connectivity index (χ3n) is 2.60. The highest BCUT2D eigenvalue weighted by atomic mass is 19.4. The van der Waals surface area contributed by atoms with Gasteiger partial charge in [-0.2, -0.15) is 28.1 Å². The van der Waals surface area contributed by atoms with Crippen molar-refractivity contribution in [2.75, 3.05) is 17.6 Å². The quantitative estimate of drug-likeness (QED) is 0.784. The zero-order chi connectivity index (χ0) is 17.3. The minimum atomic E-state index is -4.57. The summed E-state index contributed by atoms with van der Waals surface area (Å²) in [5.74, 6) is -0.233. The Balaban J connectivity index is 2.35. The molecule has 2 rings (SSSR count). The van der Waals surface area contributed by atoms with Crippen molar-refractivity contribution >= 4 is 11.9 Å². The second-order valence-corrected chi connectivity index (χ2v) is 5.41. The van der Waals surface area contributed by atoms with Crippen LogP contribution >= 0.6 is 0 Å². The standard InChI is InChI=1S/C13H15F3N6O/c1-12(2,23)6-18-11-21-9(20-10(17)22-11)7-4-3-5-8(19-7)13(14,15)16/h3-5,23H,6H2,1-2H3,(H3,17,18,20,21,22). The molecule has 10 heteroatoms. The molecule has 0 aliphatic carbocycles. The van der Waals surface area contributed by atoms with Gasteiger partial charge in [0.05, 0.1) is 5.60 Å². The maximum absolute atomic E-state index is 12.7. The monoisotopic (exact) mass is 328 g/mol. The van der Waals surface area contributed by atoms with Gasteiger partial charge in [0.1, 0.15) is 11.4 Å². The molecule has 0 saturated heterocycles. The maximum atomic E-state index is 12.7. The van der Waals surface area contributed by atoms with Crippen LogP contribution in [0, 0.1) is 0 Å². The number of halogens is 3. The van der Waals surface area contributed by atoms with Crippen LogP contribution < -0.4 is 11.1 Å². The molecule has 2 heterocycles. The van der Waals surface area contributed by atoms with Crippen molar-refractivity contribution in [2.24, 2.45) is 0 Å². The first-order valence-corrected chi connectivity index (χ1v) is 6.57. The Bertz CT molecular complexity index is 699. The minimum absolute atomic E-state index is 0.0360. The molecule has 0 saturated carbocycles. The minimum Gasteiger partial charge on any atom is -0.389 e. The number of nitrogens with zero attached hydrogens (tertiary/aromatic N) is 4. The van der Waals surface area contributed by atoms with Crippen LogP contribution in [0.5, 0.6) is 0 Å². The van der Waals surface area contributed by atoms with Crippen molar-refractivity contribution < 1.29 is 18.3 Å². The molecule has 0 spiro atoms. The summed E-state index contributed by atoms with van der Waals surface area (Å²) in [5.41, 5.74) is 3.37. The van der Waals surface area contributed by atoms with Crippen LogP contribution in [0.3, 0.4) is 0 Å². The van der Waals surface area contributed by atoms with Crippen LogP contribution in [0.15, 0.2) is 18.2 Å². The van der Waals surface area contributed by atoms with Crippen LogP contribution in [-0.2, 0) is 6.18 Å². The van der Waals surface area contributed by atoms with Crippen molar-refractivity contribution in [3.05, 3.63) is 23.9 Å². The summed E-state index contributed by atoms with van der Waals surface area (Å²) in [4.78, 5) is 15.1.